The van der Waals surface area contributed by atoms with E-state index in [1.165, 1.54) is 53.4 Å². The first-order valence-corrected chi connectivity index (χ1v) is 7.72. The molecule has 1 saturated heterocycles. The number of carbonyl (C=O) groups excluding carboxylic acids is 1. The van der Waals surface area contributed by atoms with Gasteiger partial charge in [-0.15, -0.1) is 0 Å². The van der Waals surface area contributed by atoms with Crippen molar-refractivity contribution < 1.29 is 14.1 Å². The molecule has 0 radical (unpaired) electrons. The number of hydrogen-bond acceptors (Lipinski definition) is 4. The van der Waals surface area contributed by atoms with E-state index in [-0.39, 0.29) is 21.5 Å². The Morgan fingerprint density at radius 1 is 1.24 bits per heavy atom. The first kappa shape index (κ1) is 17.0. The molecular formula is C16H9ClFN3O3S. The van der Waals surface area contributed by atoms with Gasteiger partial charge in [0.15, 0.2) is 5.11 Å². The molecular weight excluding hydrogens is 369 g/mol. The number of hydrogen-bond donors (Lipinski definition) is 1. The summed E-state index contributed by atoms with van der Waals surface area (Å²) in [6.07, 6.45) is 1.38. The van der Waals surface area contributed by atoms with Crippen molar-refractivity contribution in [2.75, 3.05) is 4.90 Å². The minimum atomic E-state index is -0.558. The monoisotopic (exact) mass is 377 g/mol. The van der Waals surface area contributed by atoms with Crippen molar-refractivity contribution in [1.82, 2.24) is 5.32 Å². The van der Waals surface area contributed by atoms with E-state index in [4.69, 9.17) is 23.8 Å². The maximum absolute atomic E-state index is 13.0. The highest BCUT2D eigenvalue weighted by molar-refractivity contribution is 7.80. The molecule has 3 rings (SSSR count). The summed E-state index contributed by atoms with van der Waals surface area (Å²) in [6, 6.07) is 9.17. The van der Waals surface area contributed by atoms with Gasteiger partial charge in [-0.1, -0.05) is 11.6 Å². The predicted octanol–water partition coefficient (Wildman–Crippen LogP) is 3.65. The third-order valence-electron chi connectivity index (χ3n) is 3.45. The molecule has 1 aliphatic rings. The Labute approximate surface area is 151 Å². The second-order valence-corrected chi connectivity index (χ2v) is 5.86. The third-order valence-corrected chi connectivity index (χ3v) is 4.08. The molecule has 25 heavy (non-hydrogen) atoms. The van der Waals surface area contributed by atoms with Crippen LogP contribution in [0.1, 0.15) is 5.56 Å². The van der Waals surface area contributed by atoms with E-state index < -0.39 is 16.6 Å². The molecule has 6 nitrogen and oxygen atoms in total. The van der Waals surface area contributed by atoms with Crippen molar-refractivity contribution in [3.05, 3.63) is 74.7 Å². The number of rotatable bonds is 3. The second kappa shape index (κ2) is 6.58. The number of halogens is 2. The number of nitrogens with one attached hydrogen (secondary N) is 1. The van der Waals surface area contributed by atoms with E-state index in [0.717, 1.165) is 0 Å². The van der Waals surface area contributed by atoms with Crippen LogP contribution in [-0.4, -0.2) is 15.9 Å². The lowest BCUT2D eigenvalue weighted by Gasteiger charge is -2.13. The van der Waals surface area contributed by atoms with Crippen LogP contribution in [0.15, 0.2) is 48.2 Å². The fourth-order valence-corrected chi connectivity index (χ4v) is 2.74. The number of anilines is 1. The van der Waals surface area contributed by atoms with Gasteiger partial charge in [-0.25, -0.2) is 4.39 Å². The van der Waals surface area contributed by atoms with E-state index in [1.807, 2.05) is 0 Å². The maximum atomic E-state index is 13.0. The number of nitro benzene ring substituents is 1. The number of nitrogens with zero attached hydrogens (tertiary/aromatic N) is 2. The molecule has 1 amide bonds. The average Bonchev–Trinajstić information content (AvgIpc) is 2.84. The van der Waals surface area contributed by atoms with Gasteiger partial charge in [0.25, 0.3) is 11.6 Å². The third kappa shape index (κ3) is 3.35. The van der Waals surface area contributed by atoms with Crippen molar-refractivity contribution >= 4 is 52.3 Å². The van der Waals surface area contributed by atoms with Gasteiger partial charge >= 0.3 is 0 Å². The number of nitro groups is 1. The molecule has 2 aromatic rings. The summed E-state index contributed by atoms with van der Waals surface area (Å²) in [7, 11) is 0. The summed E-state index contributed by atoms with van der Waals surface area (Å²) in [5, 5.41) is 14.0. The number of thiocarbonyl (C=S) groups is 1. The van der Waals surface area contributed by atoms with E-state index in [0.29, 0.717) is 11.3 Å². The SMILES string of the molecule is O=C1/C(=C\c2cc([N+](=O)[O-])ccc2Cl)NC(=S)N1c1ccc(F)cc1. The van der Waals surface area contributed by atoms with E-state index >= 15 is 0 Å². The molecule has 0 unspecified atom stereocenters. The zero-order valence-corrected chi connectivity index (χ0v) is 14.0. The fourth-order valence-electron chi connectivity index (χ4n) is 2.27. The number of amides is 1. The molecule has 0 atom stereocenters. The van der Waals surface area contributed by atoms with Gasteiger partial charge in [0.2, 0.25) is 0 Å². The van der Waals surface area contributed by atoms with Crippen LogP contribution < -0.4 is 10.2 Å². The van der Waals surface area contributed by atoms with E-state index in [1.54, 1.807) is 0 Å². The van der Waals surface area contributed by atoms with Gasteiger partial charge in [0.1, 0.15) is 11.5 Å². The minimum absolute atomic E-state index is 0.108. The van der Waals surface area contributed by atoms with Crippen LogP contribution >= 0.6 is 23.8 Å². The lowest BCUT2D eigenvalue weighted by atomic mass is 10.1. The van der Waals surface area contributed by atoms with Gasteiger partial charge in [0.05, 0.1) is 10.6 Å². The largest absolute Gasteiger partial charge is 0.327 e. The quantitative estimate of drug-likeness (QED) is 0.382. The lowest BCUT2D eigenvalue weighted by molar-refractivity contribution is -0.384. The Morgan fingerprint density at radius 2 is 1.92 bits per heavy atom. The highest BCUT2D eigenvalue weighted by Gasteiger charge is 2.32. The first-order valence-electron chi connectivity index (χ1n) is 6.93. The Balaban J connectivity index is 1.97. The van der Waals surface area contributed by atoms with Crippen molar-refractivity contribution in [2.24, 2.45) is 0 Å². The summed E-state index contributed by atoms with van der Waals surface area (Å²) in [6.45, 7) is 0. The van der Waals surface area contributed by atoms with Gasteiger partial charge in [-0.05, 0) is 48.6 Å². The second-order valence-electron chi connectivity index (χ2n) is 5.07. The Kier molecular flexibility index (Phi) is 4.47. The summed E-state index contributed by atoms with van der Waals surface area (Å²) < 4.78 is 13.0. The smallest absolute Gasteiger partial charge is 0.281 e. The summed E-state index contributed by atoms with van der Waals surface area (Å²) in [4.78, 5) is 24.1. The summed E-state index contributed by atoms with van der Waals surface area (Å²) in [5.74, 6) is -0.910. The minimum Gasteiger partial charge on any atom is -0.327 e. The molecule has 0 spiro atoms. The number of benzene rings is 2. The van der Waals surface area contributed by atoms with Crippen LogP contribution in [0.3, 0.4) is 0 Å². The molecule has 2 aromatic carbocycles. The molecule has 1 aliphatic heterocycles. The fraction of sp³-hybridized carbons (Fsp3) is 0. The van der Waals surface area contributed by atoms with Gasteiger partial charge in [-0.2, -0.15) is 0 Å². The summed E-state index contributed by atoms with van der Waals surface area (Å²) >= 11 is 11.2. The molecule has 1 heterocycles. The Hall–Kier alpha value is -2.84. The molecule has 0 aromatic heterocycles. The van der Waals surface area contributed by atoms with Crippen LogP contribution in [0, 0.1) is 15.9 Å². The van der Waals surface area contributed by atoms with Crippen LogP contribution in [0.5, 0.6) is 0 Å². The first-order chi connectivity index (χ1) is 11.9. The molecule has 9 heteroatoms. The lowest BCUT2D eigenvalue weighted by Crippen LogP contribution is -2.30. The van der Waals surface area contributed by atoms with Crippen molar-refractivity contribution in [1.29, 1.82) is 0 Å². The molecule has 0 bridgehead atoms. The topological polar surface area (TPSA) is 75.5 Å². The normalized spacial score (nSPS) is 15.6. The number of carbonyl (C=O) groups is 1. The molecule has 0 saturated carbocycles. The Morgan fingerprint density at radius 3 is 2.56 bits per heavy atom. The zero-order chi connectivity index (χ0) is 18.1. The molecule has 1 fully saturated rings. The number of non-ortho nitro benzene ring substituents is 1. The van der Waals surface area contributed by atoms with Gasteiger partial charge in [-0.3, -0.25) is 19.8 Å². The van der Waals surface area contributed by atoms with Crippen molar-refractivity contribution in [2.45, 2.75) is 0 Å². The summed E-state index contributed by atoms with van der Waals surface area (Å²) in [5.41, 5.74) is 0.657. The highest BCUT2D eigenvalue weighted by Crippen LogP contribution is 2.27. The maximum Gasteiger partial charge on any atom is 0.281 e. The van der Waals surface area contributed by atoms with Crippen LogP contribution in [0.2, 0.25) is 5.02 Å². The van der Waals surface area contributed by atoms with Crippen LogP contribution in [-0.2, 0) is 4.79 Å². The molecule has 126 valence electrons. The van der Waals surface area contributed by atoms with Gasteiger partial charge < -0.3 is 5.32 Å². The van der Waals surface area contributed by atoms with E-state index in [9.17, 15) is 19.3 Å². The van der Waals surface area contributed by atoms with E-state index in [2.05, 4.69) is 5.32 Å². The van der Waals surface area contributed by atoms with Crippen LogP contribution in [0.25, 0.3) is 6.08 Å². The highest BCUT2D eigenvalue weighted by atomic mass is 35.5. The molecule has 0 aliphatic carbocycles. The van der Waals surface area contributed by atoms with Crippen molar-refractivity contribution in [3.63, 3.8) is 0 Å². The van der Waals surface area contributed by atoms with Crippen molar-refractivity contribution in [3.8, 4) is 0 Å². The van der Waals surface area contributed by atoms with Gasteiger partial charge in [0, 0.05) is 22.7 Å². The average molecular weight is 378 g/mol. The molecule has 1 N–H and O–H groups in total. The standard InChI is InChI=1S/C16H9ClFN3O3S/c17-13-6-5-12(21(23)24)7-9(13)8-14-15(22)20(16(25)19-14)11-3-1-10(18)2-4-11/h1-8H,(H,19,25)/b14-8+. The van der Waals surface area contributed by atoms with Crippen LogP contribution in [0.4, 0.5) is 15.8 Å². The predicted molar refractivity (Wildman–Crippen MR) is 95.7 cm³/mol. The Bertz CT molecular complexity index is 931. The zero-order valence-electron chi connectivity index (χ0n) is 12.4.